The SMILES string of the molecule is CC(C)[Si]1(C(C)C)OC(C(=O)COc2ccccc2)[C@H]2O[C@@H](n3cnc4c(=O)[nH]c(N)nc43)[C@H](OCOCC(C(F)(F)F)C(F)(F)F)[C@@H]2O[Si](C(C)C)(C(C)C)O1. The Bertz CT molecular complexity index is 1870. The summed E-state index contributed by atoms with van der Waals surface area (Å²) >= 11 is 0. The second-order valence-corrected chi connectivity index (χ2v) is 24.2. The Morgan fingerprint density at radius 2 is 1.49 bits per heavy atom. The number of nitrogens with one attached hydrogen (secondary N) is 1. The molecule has 3 aromatic rings. The van der Waals surface area contributed by atoms with Crippen molar-refractivity contribution >= 4 is 40.0 Å². The van der Waals surface area contributed by atoms with Gasteiger partial charge in [0.2, 0.25) is 5.95 Å². The van der Waals surface area contributed by atoms with Crippen molar-refractivity contribution in [2.24, 2.45) is 5.92 Å². The normalized spacial score (nSPS) is 24.1. The Hall–Kier alpha value is -3.39. The van der Waals surface area contributed by atoms with E-state index in [4.69, 9.17) is 37.6 Å². The fourth-order valence-electron chi connectivity index (χ4n) is 7.37. The molecule has 2 aliphatic heterocycles. The molecule has 5 rings (SSSR count). The number of halogens is 6. The van der Waals surface area contributed by atoms with E-state index in [-0.39, 0.29) is 39.3 Å². The first-order valence-corrected chi connectivity index (χ1v) is 22.4. The number of rotatable bonds is 14. The van der Waals surface area contributed by atoms with Gasteiger partial charge in [0.1, 0.15) is 43.6 Å². The number of hydrogen-bond acceptors (Lipinski definition) is 12. The number of ether oxygens (including phenoxy) is 4. The molecule has 3 N–H and O–H groups in total. The monoisotopic (exact) mass is 853 g/mol. The van der Waals surface area contributed by atoms with Gasteiger partial charge >= 0.3 is 29.5 Å². The van der Waals surface area contributed by atoms with Gasteiger partial charge in [-0.15, -0.1) is 0 Å². The maximum absolute atomic E-state index is 14.5. The maximum atomic E-state index is 14.5. The molecule has 5 atom stereocenters. The van der Waals surface area contributed by atoms with Crippen molar-refractivity contribution in [1.82, 2.24) is 19.5 Å². The number of imidazole rings is 1. The van der Waals surface area contributed by atoms with Crippen LogP contribution in [-0.2, 0) is 32.0 Å². The second kappa shape index (κ2) is 17.1. The van der Waals surface area contributed by atoms with Crippen LogP contribution in [0.5, 0.6) is 5.75 Å². The lowest BCUT2D eigenvalue weighted by Gasteiger charge is -2.53. The molecule has 2 saturated heterocycles. The van der Waals surface area contributed by atoms with Crippen LogP contribution in [-0.4, -0.2) is 99.2 Å². The summed E-state index contributed by atoms with van der Waals surface area (Å²) in [7, 11) is -7.08. The number of hydrogen-bond donors (Lipinski definition) is 2. The van der Waals surface area contributed by atoms with E-state index in [0.717, 1.165) is 0 Å². The third-order valence-corrected chi connectivity index (χ3v) is 20.5. The fraction of sp³-hybridized carbons (Fsp3) is 0.657. The number of Topliss-reactive ketones (excluding diaryl/α,β-unsaturated/α-hetero) is 1. The van der Waals surface area contributed by atoms with Crippen LogP contribution in [0.15, 0.2) is 41.5 Å². The number of H-pyrrole nitrogens is 1. The minimum atomic E-state index is -5.66. The molecule has 2 fully saturated rings. The van der Waals surface area contributed by atoms with Gasteiger partial charge in [-0.25, -0.2) is 4.98 Å². The van der Waals surface area contributed by atoms with Gasteiger partial charge in [0.25, 0.3) is 5.56 Å². The second-order valence-electron chi connectivity index (χ2n) is 15.4. The van der Waals surface area contributed by atoms with E-state index >= 15 is 0 Å². The van der Waals surface area contributed by atoms with Crippen LogP contribution in [0.25, 0.3) is 11.2 Å². The number of aromatic amines is 1. The van der Waals surface area contributed by atoms with Gasteiger partial charge in [-0.2, -0.15) is 31.3 Å². The van der Waals surface area contributed by atoms with Crippen molar-refractivity contribution in [2.45, 2.75) is 121 Å². The standard InChI is InChI=1S/C35H49F6N5O9Si2/c1-18(2)56(19(3)4)53-26(23(47)14-50-22-12-10-9-11-13-22)27-28(54-57(55-56,20(5)6)21(7)8)29(51-17-49-15-24(34(36,37)38)35(39,40)41)32(52-27)46-16-43-25-30(46)44-33(42)45-31(25)48/h9-13,16,18-21,24,26-29,32H,14-15,17H2,1-8H3,(H3,42,44,45,48)/t26?,27-,28-,29-,32-/m1/s1. The van der Waals surface area contributed by atoms with Crippen LogP contribution >= 0.6 is 0 Å². The predicted octanol–water partition coefficient (Wildman–Crippen LogP) is 6.67. The summed E-state index contributed by atoms with van der Waals surface area (Å²) in [5.74, 6) is -4.28. The highest BCUT2D eigenvalue weighted by Gasteiger charge is 2.65. The number of nitrogens with zero attached hydrogens (tertiary/aromatic N) is 3. The molecule has 2 aliphatic rings. The number of ketones is 1. The van der Waals surface area contributed by atoms with E-state index < -0.39 is 97.4 Å². The quantitative estimate of drug-likeness (QED) is 0.0765. The van der Waals surface area contributed by atoms with E-state index in [9.17, 15) is 35.9 Å². The van der Waals surface area contributed by atoms with Crippen molar-refractivity contribution in [3.63, 3.8) is 0 Å². The summed E-state index contributed by atoms with van der Waals surface area (Å²) in [5.41, 5.74) is 3.87. The Balaban J connectivity index is 1.66. The fourth-order valence-corrected chi connectivity index (χ4v) is 18.6. The molecule has 318 valence electrons. The number of carbonyl (C=O) groups excluding carboxylic acids is 1. The molecular formula is C35H49F6N5O9Si2. The molecule has 4 heterocycles. The third-order valence-electron chi connectivity index (χ3n) is 10.3. The van der Waals surface area contributed by atoms with Crippen molar-refractivity contribution in [3.8, 4) is 5.75 Å². The number of nitrogen functional groups attached to an aromatic ring is 1. The highest BCUT2D eigenvalue weighted by atomic mass is 28.5. The van der Waals surface area contributed by atoms with Gasteiger partial charge < -0.3 is 37.6 Å². The van der Waals surface area contributed by atoms with Crippen molar-refractivity contribution in [2.75, 3.05) is 25.7 Å². The Morgan fingerprint density at radius 1 is 0.912 bits per heavy atom. The Kier molecular flexibility index (Phi) is 13.4. The number of anilines is 1. The third kappa shape index (κ3) is 9.11. The summed E-state index contributed by atoms with van der Waals surface area (Å²) in [6, 6.07) is 8.54. The van der Waals surface area contributed by atoms with Gasteiger partial charge in [-0.3, -0.25) is 19.1 Å². The lowest BCUT2D eigenvalue weighted by Crippen LogP contribution is -2.68. The van der Waals surface area contributed by atoms with E-state index in [1.165, 1.54) is 10.9 Å². The van der Waals surface area contributed by atoms with Crippen LogP contribution in [0.1, 0.15) is 61.6 Å². The average molecular weight is 854 g/mol. The van der Waals surface area contributed by atoms with E-state index in [1.807, 2.05) is 55.4 Å². The van der Waals surface area contributed by atoms with Crippen LogP contribution in [0.4, 0.5) is 32.3 Å². The minimum Gasteiger partial charge on any atom is -0.486 e. The first-order chi connectivity index (χ1) is 26.5. The van der Waals surface area contributed by atoms with Crippen molar-refractivity contribution in [1.29, 1.82) is 0 Å². The number of benzene rings is 1. The number of alkyl halides is 6. The Morgan fingerprint density at radius 3 is 2.05 bits per heavy atom. The molecule has 0 saturated carbocycles. The Labute approximate surface area is 327 Å². The molecule has 1 unspecified atom stereocenters. The number of fused-ring (bicyclic) bond motifs is 2. The van der Waals surface area contributed by atoms with Crippen molar-refractivity contribution < 1.29 is 63.1 Å². The molecule has 14 nitrogen and oxygen atoms in total. The van der Waals surface area contributed by atoms with Crippen LogP contribution in [0.3, 0.4) is 0 Å². The molecule has 22 heteroatoms. The number of nitrogens with two attached hydrogens (primary N) is 1. The van der Waals surface area contributed by atoms with Crippen LogP contribution in [0, 0.1) is 5.92 Å². The predicted molar refractivity (Wildman–Crippen MR) is 197 cm³/mol. The molecule has 0 radical (unpaired) electrons. The summed E-state index contributed by atoms with van der Waals surface area (Å²) in [6.07, 6.45) is -17.2. The van der Waals surface area contributed by atoms with Gasteiger partial charge in [-0.05, 0) is 34.3 Å². The molecule has 0 spiro atoms. The molecule has 2 aromatic heterocycles. The summed E-state index contributed by atoms with van der Waals surface area (Å²) < 4.78 is 127. The number of para-hydroxylation sites is 1. The highest BCUT2D eigenvalue weighted by Crippen LogP contribution is 2.50. The molecular weight excluding hydrogens is 805 g/mol. The summed E-state index contributed by atoms with van der Waals surface area (Å²) in [4.78, 5) is 38.0. The average Bonchev–Trinajstić information content (AvgIpc) is 3.67. The van der Waals surface area contributed by atoms with Gasteiger partial charge in [0.15, 0.2) is 29.1 Å². The zero-order chi connectivity index (χ0) is 42.2. The molecule has 0 aliphatic carbocycles. The minimum absolute atomic E-state index is 0.101. The topological polar surface area (TPSA) is 171 Å². The smallest absolute Gasteiger partial charge is 0.402 e. The van der Waals surface area contributed by atoms with Crippen LogP contribution < -0.4 is 16.0 Å². The zero-order valence-corrected chi connectivity index (χ0v) is 34.7. The van der Waals surface area contributed by atoms with E-state index in [1.54, 1.807) is 30.3 Å². The van der Waals surface area contributed by atoms with Gasteiger partial charge in [0.05, 0.1) is 12.9 Å². The lowest BCUT2D eigenvalue weighted by molar-refractivity contribution is -0.299. The van der Waals surface area contributed by atoms with Crippen LogP contribution in [0.2, 0.25) is 22.2 Å². The lowest BCUT2D eigenvalue weighted by atomic mass is 10.0. The zero-order valence-electron chi connectivity index (χ0n) is 32.7. The molecule has 57 heavy (non-hydrogen) atoms. The number of aromatic nitrogens is 4. The maximum Gasteiger partial charge on any atom is 0.402 e. The first-order valence-electron chi connectivity index (χ1n) is 18.5. The van der Waals surface area contributed by atoms with Gasteiger partial charge in [0, 0.05) is 0 Å². The van der Waals surface area contributed by atoms with E-state index in [2.05, 4.69) is 15.0 Å². The van der Waals surface area contributed by atoms with E-state index in [0.29, 0.717) is 5.75 Å². The van der Waals surface area contributed by atoms with Crippen molar-refractivity contribution in [3.05, 3.63) is 47.0 Å². The summed E-state index contributed by atoms with van der Waals surface area (Å²) in [6.45, 7) is 12.0. The highest BCUT2D eigenvalue weighted by molar-refractivity contribution is 6.84. The molecule has 0 bridgehead atoms. The van der Waals surface area contributed by atoms with Gasteiger partial charge in [-0.1, -0.05) is 73.6 Å². The number of carbonyl (C=O) groups is 1. The molecule has 0 amide bonds. The molecule has 1 aromatic carbocycles. The first kappa shape index (κ1) is 44.7. The summed E-state index contributed by atoms with van der Waals surface area (Å²) in [5, 5.41) is 0. The largest absolute Gasteiger partial charge is 0.486 e.